The molecule has 0 saturated carbocycles. The third kappa shape index (κ3) is 4.00. The van der Waals surface area contributed by atoms with Crippen LogP contribution in [0.25, 0.3) is 0 Å². The fourth-order valence-corrected chi connectivity index (χ4v) is 4.95. The summed E-state index contributed by atoms with van der Waals surface area (Å²) in [4.78, 5) is 15.9. The molecule has 0 radical (unpaired) electrons. The van der Waals surface area contributed by atoms with Gasteiger partial charge >= 0.3 is 0 Å². The molecule has 1 saturated heterocycles. The van der Waals surface area contributed by atoms with Crippen LogP contribution in [0, 0.1) is 11.7 Å². The average molecular weight is 404 g/mol. The van der Waals surface area contributed by atoms with Crippen molar-refractivity contribution in [2.75, 3.05) is 18.4 Å². The zero-order valence-electron chi connectivity index (χ0n) is 13.0. The highest BCUT2D eigenvalue weighted by Crippen LogP contribution is 2.27. The predicted octanol–water partition coefficient (Wildman–Crippen LogP) is 2.98. The standard InChI is InChI=1S/C15H15ClFN3O3S2/c16-11-3-4-13(12(17)8-11)25(22,23)20-6-1-2-10(9-20)14(21)19-15-18-5-7-24-15/h3-5,7-8,10H,1-2,6,9H2,(H,18,19,21). The van der Waals surface area contributed by atoms with Gasteiger partial charge in [-0.05, 0) is 31.0 Å². The number of sulfonamides is 1. The number of benzene rings is 1. The van der Waals surface area contributed by atoms with Crippen molar-refractivity contribution in [3.8, 4) is 0 Å². The molecule has 3 rings (SSSR count). The maximum atomic E-state index is 14.0. The highest BCUT2D eigenvalue weighted by molar-refractivity contribution is 7.89. The molecule has 0 aliphatic carbocycles. The number of anilines is 1. The van der Waals surface area contributed by atoms with Crippen molar-refractivity contribution < 1.29 is 17.6 Å². The summed E-state index contributed by atoms with van der Waals surface area (Å²) in [6.07, 6.45) is 2.65. The smallest absolute Gasteiger partial charge is 0.246 e. The van der Waals surface area contributed by atoms with Crippen LogP contribution >= 0.6 is 22.9 Å². The van der Waals surface area contributed by atoms with Crippen molar-refractivity contribution in [1.82, 2.24) is 9.29 Å². The Labute approximate surface area is 153 Å². The lowest BCUT2D eigenvalue weighted by Crippen LogP contribution is -2.43. The number of halogens is 2. The Kier molecular flexibility index (Phi) is 5.38. The van der Waals surface area contributed by atoms with Crippen molar-refractivity contribution in [2.24, 2.45) is 5.92 Å². The summed E-state index contributed by atoms with van der Waals surface area (Å²) in [7, 11) is -4.03. The Hall–Kier alpha value is -1.55. The normalized spacial score (nSPS) is 18.9. The van der Waals surface area contributed by atoms with Gasteiger partial charge in [0, 0.05) is 29.7 Å². The van der Waals surface area contributed by atoms with E-state index in [0.29, 0.717) is 18.0 Å². The summed E-state index contributed by atoms with van der Waals surface area (Å²) in [6, 6.07) is 3.44. The lowest BCUT2D eigenvalue weighted by molar-refractivity contribution is -0.120. The molecule has 1 unspecified atom stereocenters. The number of hydrogen-bond acceptors (Lipinski definition) is 5. The van der Waals surface area contributed by atoms with Gasteiger partial charge in [0.2, 0.25) is 15.9 Å². The Morgan fingerprint density at radius 2 is 2.24 bits per heavy atom. The van der Waals surface area contributed by atoms with Gasteiger partial charge in [0.05, 0.1) is 5.92 Å². The molecule has 25 heavy (non-hydrogen) atoms. The molecule has 10 heteroatoms. The molecule has 1 N–H and O–H groups in total. The van der Waals surface area contributed by atoms with Crippen LogP contribution in [0.4, 0.5) is 9.52 Å². The minimum atomic E-state index is -4.03. The van der Waals surface area contributed by atoms with Gasteiger partial charge in [-0.3, -0.25) is 4.79 Å². The lowest BCUT2D eigenvalue weighted by atomic mass is 9.99. The number of rotatable bonds is 4. The van der Waals surface area contributed by atoms with Gasteiger partial charge in [-0.1, -0.05) is 11.6 Å². The van der Waals surface area contributed by atoms with E-state index in [0.717, 1.165) is 16.4 Å². The van der Waals surface area contributed by atoms with E-state index < -0.39 is 26.7 Å². The van der Waals surface area contributed by atoms with Gasteiger partial charge in [0.15, 0.2) is 5.13 Å². The Bertz CT molecular complexity index is 874. The van der Waals surface area contributed by atoms with Crippen molar-refractivity contribution in [3.63, 3.8) is 0 Å². The van der Waals surface area contributed by atoms with Crippen LogP contribution in [-0.4, -0.2) is 36.7 Å². The van der Waals surface area contributed by atoms with E-state index in [1.54, 1.807) is 11.6 Å². The largest absolute Gasteiger partial charge is 0.302 e. The second kappa shape index (κ2) is 7.36. The van der Waals surface area contributed by atoms with Crippen molar-refractivity contribution in [1.29, 1.82) is 0 Å². The number of carbonyl (C=O) groups is 1. The number of nitrogens with zero attached hydrogens (tertiary/aromatic N) is 2. The molecular formula is C15H15ClFN3O3S2. The number of carbonyl (C=O) groups excluding carboxylic acids is 1. The van der Waals surface area contributed by atoms with Crippen LogP contribution in [-0.2, 0) is 14.8 Å². The Morgan fingerprint density at radius 1 is 1.44 bits per heavy atom. The van der Waals surface area contributed by atoms with E-state index in [4.69, 9.17) is 11.6 Å². The van der Waals surface area contributed by atoms with Gasteiger partial charge < -0.3 is 5.32 Å². The van der Waals surface area contributed by atoms with E-state index >= 15 is 0 Å². The fraction of sp³-hybridized carbons (Fsp3) is 0.333. The minimum absolute atomic E-state index is 0.00160. The number of piperidine rings is 1. The third-order valence-corrected chi connectivity index (χ3v) is 6.75. The van der Waals surface area contributed by atoms with Gasteiger partial charge in [-0.15, -0.1) is 11.3 Å². The molecule has 1 aromatic carbocycles. The van der Waals surface area contributed by atoms with E-state index in [-0.39, 0.29) is 24.0 Å². The summed E-state index contributed by atoms with van der Waals surface area (Å²) in [5, 5.41) is 5.00. The van der Waals surface area contributed by atoms with Crippen LogP contribution in [0.1, 0.15) is 12.8 Å². The Balaban J connectivity index is 1.77. The molecule has 2 heterocycles. The summed E-state index contributed by atoms with van der Waals surface area (Å²) >= 11 is 6.96. The molecule has 1 atom stereocenters. The molecule has 1 aromatic heterocycles. The predicted molar refractivity (Wildman–Crippen MR) is 93.6 cm³/mol. The molecule has 134 valence electrons. The lowest BCUT2D eigenvalue weighted by Gasteiger charge is -2.31. The minimum Gasteiger partial charge on any atom is -0.302 e. The zero-order valence-corrected chi connectivity index (χ0v) is 15.4. The summed E-state index contributed by atoms with van der Waals surface area (Å²) in [5.41, 5.74) is 0. The van der Waals surface area contributed by atoms with Crippen molar-refractivity contribution in [2.45, 2.75) is 17.7 Å². The maximum absolute atomic E-state index is 14.0. The van der Waals surface area contributed by atoms with Gasteiger partial charge in [0.1, 0.15) is 10.7 Å². The van der Waals surface area contributed by atoms with E-state index in [1.165, 1.54) is 17.4 Å². The topological polar surface area (TPSA) is 79.4 Å². The molecule has 6 nitrogen and oxygen atoms in total. The molecule has 0 spiro atoms. The molecular weight excluding hydrogens is 389 g/mol. The zero-order chi connectivity index (χ0) is 18.0. The summed E-state index contributed by atoms with van der Waals surface area (Å²) in [6.45, 7) is 0.243. The monoisotopic (exact) mass is 403 g/mol. The fourth-order valence-electron chi connectivity index (χ4n) is 2.69. The number of thiazole rings is 1. The van der Waals surface area contributed by atoms with Crippen LogP contribution in [0.2, 0.25) is 5.02 Å². The van der Waals surface area contributed by atoms with Crippen LogP contribution in [0.15, 0.2) is 34.7 Å². The first kappa shape index (κ1) is 18.2. The van der Waals surface area contributed by atoms with Crippen LogP contribution in [0.3, 0.4) is 0 Å². The molecule has 1 amide bonds. The highest BCUT2D eigenvalue weighted by atomic mass is 35.5. The number of hydrogen-bond donors (Lipinski definition) is 1. The third-order valence-electron chi connectivity index (χ3n) is 3.93. The van der Waals surface area contributed by atoms with Crippen molar-refractivity contribution >= 4 is 44.0 Å². The highest BCUT2D eigenvalue weighted by Gasteiger charge is 2.34. The Morgan fingerprint density at radius 3 is 2.92 bits per heavy atom. The molecule has 1 aliphatic rings. The molecule has 2 aromatic rings. The van der Waals surface area contributed by atoms with E-state index in [1.807, 2.05) is 0 Å². The average Bonchev–Trinajstić information content (AvgIpc) is 3.07. The number of nitrogens with one attached hydrogen (secondary N) is 1. The first-order valence-electron chi connectivity index (χ1n) is 7.53. The number of aromatic nitrogens is 1. The first-order valence-corrected chi connectivity index (χ1v) is 10.2. The SMILES string of the molecule is O=C(Nc1nccs1)C1CCCN(S(=O)(=O)c2ccc(Cl)cc2F)C1. The van der Waals surface area contributed by atoms with Crippen LogP contribution in [0.5, 0.6) is 0 Å². The maximum Gasteiger partial charge on any atom is 0.246 e. The quantitative estimate of drug-likeness (QED) is 0.851. The van der Waals surface area contributed by atoms with Gasteiger partial charge in [0.25, 0.3) is 0 Å². The first-order chi connectivity index (χ1) is 11.9. The van der Waals surface area contributed by atoms with E-state index in [9.17, 15) is 17.6 Å². The number of amides is 1. The molecule has 0 bridgehead atoms. The summed E-state index contributed by atoms with van der Waals surface area (Å²) < 4.78 is 40.6. The van der Waals surface area contributed by atoms with Crippen LogP contribution < -0.4 is 5.32 Å². The molecule has 1 fully saturated rings. The van der Waals surface area contributed by atoms with Gasteiger partial charge in [-0.2, -0.15) is 4.31 Å². The second-order valence-corrected chi connectivity index (χ2v) is 8.84. The van der Waals surface area contributed by atoms with E-state index in [2.05, 4.69) is 10.3 Å². The summed E-state index contributed by atoms with van der Waals surface area (Å²) in [5.74, 6) is -1.70. The van der Waals surface area contributed by atoms with Crippen molar-refractivity contribution in [3.05, 3.63) is 40.6 Å². The van der Waals surface area contributed by atoms with Gasteiger partial charge in [-0.25, -0.2) is 17.8 Å². The second-order valence-electron chi connectivity index (χ2n) is 5.60. The molecule has 1 aliphatic heterocycles.